The number of hydrogen-bond acceptors (Lipinski definition) is 9. The third-order valence-corrected chi connectivity index (χ3v) is 7.60. The molecule has 0 aromatic heterocycles. The second-order valence-electron chi connectivity index (χ2n) is 10.5. The van der Waals surface area contributed by atoms with Crippen molar-refractivity contribution >= 4 is 39.1 Å². The number of carbonyl (C=O) groups excluding carboxylic acids is 2. The summed E-state index contributed by atoms with van der Waals surface area (Å²) in [6, 6.07) is 11.8. The number of carbonyl (C=O) groups is 2. The highest BCUT2D eigenvalue weighted by molar-refractivity contribution is 7.92. The summed E-state index contributed by atoms with van der Waals surface area (Å²) in [6.07, 6.45) is 4.43. The predicted molar refractivity (Wildman–Crippen MR) is 163 cm³/mol. The van der Waals surface area contributed by atoms with Gasteiger partial charge in [-0.2, -0.15) is 5.48 Å². The van der Waals surface area contributed by atoms with E-state index in [9.17, 15) is 28.2 Å². The van der Waals surface area contributed by atoms with Gasteiger partial charge in [-0.3, -0.25) is 9.62 Å². The molecule has 0 aliphatic carbocycles. The second-order valence-corrected chi connectivity index (χ2v) is 12.2. The van der Waals surface area contributed by atoms with E-state index in [1.807, 2.05) is 38.1 Å². The molecule has 0 spiro atoms. The van der Waals surface area contributed by atoms with Crippen LogP contribution in [-0.4, -0.2) is 69.1 Å². The normalized spacial score (nSPS) is 14.7. The van der Waals surface area contributed by atoms with Gasteiger partial charge < -0.3 is 25.3 Å². The number of urea groups is 1. The lowest BCUT2D eigenvalue weighted by molar-refractivity contribution is -0.148. The molecule has 3 rings (SSSR count). The van der Waals surface area contributed by atoms with Crippen molar-refractivity contribution in [1.29, 1.82) is 0 Å². The molecule has 1 heterocycles. The van der Waals surface area contributed by atoms with E-state index in [0.29, 0.717) is 24.2 Å². The molecule has 42 heavy (non-hydrogen) atoms. The first-order valence-corrected chi connectivity index (χ1v) is 16.2. The van der Waals surface area contributed by atoms with E-state index in [2.05, 4.69) is 20.4 Å². The highest BCUT2D eigenvalue weighted by atomic mass is 32.2. The van der Waals surface area contributed by atoms with Crippen molar-refractivity contribution in [1.82, 2.24) is 10.8 Å². The quantitative estimate of drug-likeness (QED) is 0.170. The van der Waals surface area contributed by atoms with E-state index in [-0.39, 0.29) is 30.4 Å². The maximum absolute atomic E-state index is 12.7. The van der Waals surface area contributed by atoms with Crippen molar-refractivity contribution in [2.75, 3.05) is 47.0 Å². The molecule has 1 fully saturated rings. The van der Waals surface area contributed by atoms with Crippen molar-refractivity contribution in [2.45, 2.75) is 64.5 Å². The van der Waals surface area contributed by atoms with Crippen LogP contribution in [0.15, 0.2) is 42.5 Å². The Morgan fingerprint density at radius 3 is 2.40 bits per heavy atom. The SMILES string of the molecule is CCCCN(C(=O)NOC(=O)CCC)c1ccc(N2CCC(NC[C@H](O)c3ccc(O)c(NS(C)(=O)=O)c3)CC2)cc1. The Morgan fingerprint density at radius 1 is 1.10 bits per heavy atom. The number of benzene rings is 2. The van der Waals surface area contributed by atoms with Crippen LogP contribution in [0.1, 0.15) is 64.0 Å². The Morgan fingerprint density at radius 2 is 1.79 bits per heavy atom. The largest absolute Gasteiger partial charge is 0.506 e. The van der Waals surface area contributed by atoms with Crippen LogP contribution in [0.4, 0.5) is 21.9 Å². The number of anilines is 3. The average molecular weight is 606 g/mol. The fraction of sp³-hybridized carbons (Fsp3) is 0.517. The summed E-state index contributed by atoms with van der Waals surface area (Å²) < 4.78 is 25.3. The number of phenols is 1. The number of hydroxylamine groups is 1. The van der Waals surface area contributed by atoms with Gasteiger partial charge in [-0.15, -0.1) is 0 Å². The van der Waals surface area contributed by atoms with Crippen LogP contribution in [0, 0.1) is 0 Å². The summed E-state index contributed by atoms with van der Waals surface area (Å²) in [4.78, 5) is 33.1. The smallest absolute Gasteiger partial charge is 0.355 e. The molecule has 1 aliphatic rings. The summed E-state index contributed by atoms with van der Waals surface area (Å²) >= 11 is 0. The van der Waals surface area contributed by atoms with Gasteiger partial charge in [0, 0.05) is 50.0 Å². The van der Waals surface area contributed by atoms with Gasteiger partial charge in [0.2, 0.25) is 10.0 Å². The summed E-state index contributed by atoms with van der Waals surface area (Å²) in [5.41, 5.74) is 4.54. The van der Waals surface area contributed by atoms with Crippen molar-refractivity contribution in [3.8, 4) is 5.75 Å². The number of aliphatic hydroxyl groups is 1. The lowest BCUT2D eigenvalue weighted by Crippen LogP contribution is -2.43. The monoisotopic (exact) mass is 605 g/mol. The molecular formula is C29H43N5O7S. The molecule has 0 saturated carbocycles. The molecule has 0 unspecified atom stereocenters. The lowest BCUT2D eigenvalue weighted by atomic mass is 10.0. The van der Waals surface area contributed by atoms with Crippen LogP contribution in [0.25, 0.3) is 0 Å². The van der Waals surface area contributed by atoms with Crippen LogP contribution < -0.4 is 25.3 Å². The predicted octanol–water partition coefficient (Wildman–Crippen LogP) is 3.63. The molecule has 12 nitrogen and oxygen atoms in total. The first kappa shape index (κ1) is 33.0. The summed E-state index contributed by atoms with van der Waals surface area (Å²) in [7, 11) is -3.57. The molecule has 0 bridgehead atoms. The Balaban J connectivity index is 1.52. The van der Waals surface area contributed by atoms with Crippen LogP contribution >= 0.6 is 0 Å². The molecule has 232 valence electrons. The molecule has 1 saturated heterocycles. The number of nitrogens with zero attached hydrogens (tertiary/aromatic N) is 2. The van der Waals surface area contributed by atoms with Crippen molar-refractivity contribution in [2.24, 2.45) is 0 Å². The van der Waals surface area contributed by atoms with Gasteiger partial charge in [0.25, 0.3) is 0 Å². The topological polar surface area (TPSA) is 161 Å². The van der Waals surface area contributed by atoms with E-state index in [0.717, 1.165) is 50.7 Å². The maximum atomic E-state index is 12.7. The number of unbranched alkanes of at least 4 members (excludes halogenated alkanes) is 1. The Kier molecular flexibility index (Phi) is 12.3. The summed E-state index contributed by atoms with van der Waals surface area (Å²) in [6.45, 7) is 6.30. The van der Waals surface area contributed by atoms with Crippen LogP contribution in [0.2, 0.25) is 0 Å². The molecule has 2 amide bonds. The van der Waals surface area contributed by atoms with Gasteiger partial charge in [-0.25, -0.2) is 18.0 Å². The van der Waals surface area contributed by atoms with E-state index in [4.69, 9.17) is 4.84 Å². The molecular weight excluding hydrogens is 562 g/mol. The van der Waals surface area contributed by atoms with E-state index in [1.54, 1.807) is 11.0 Å². The van der Waals surface area contributed by atoms with Gasteiger partial charge >= 0.3 is 12.0 Å². The fourth-order valence-corrected chi connectivity index (χ4v) is 5.26. The zero-order valence-corrected chi connectivity index (χ0v) is 25.3. The number of aromatic hydroxyl groups is 1. The number of piperidine rings is 1. The van der Waals surface area contributed by atoms with Gasteiger partial charge in [0.05, 0.1) is 18.0 Å². The zero-order valence-electron chi connectivity index (χ0n) is 24.5. The maximum Gasteiger partial charge on any atom is 0.355 e. The van der Waals surface area contributed by atoms with Gasteiger partial charge in [-0.05, 0) is 67.6 Å². The van der Waals surface area contributed by atoms with Crippen LogP contribution in [0.3, 0.4) is 0 Å². The van der Waals surface area contributed by atoms with Crippen LogP contribution in [0.5, 0.6) is 5.75 Å². The lowest BCUT2D eigenvalue weighted by Gasteiger charge is -2.34. The number of phenolic OH excluding ortho intramolecular Hbond substituents is 1. The first-order valence-electron chi connectivity index (χ1n) is 14.3. The number of nitrogens with one attached hydrogen (secondary N) is 3. The van der Waals surface area contributed by atoms with Crippen molar-refractivity contribution in [3.05, 3.63) is 48.0 Å². The number of hydrogen-bond donors (Lipinski definition) is 5. The number of sulfonamides is 1. The number of aliphatic hydroxyl groups excluding tert-OH is 1. The molecule has 1 aliphatic heterocycles. The summed E-state index contributed by atoms with van der Waals surface area (Å²) in [5.74, 6) is -0.685. The average Bonchev–Trinajstić information content (AvgIpc) is 2.96. The van der Waals surface area contributed by atoms with Gasteiger partial charge in [0.1, 0.15) is 5.75 Å². The van der Waals surface area contributed by atoms with Gasteiger partial charge in [-0.1, -0.05) is 26.3 Å². The minimum atomic E-state index is -3.57. The number of amides is 2. The molecule has 2 aromatic carbocycles. The first-order chi connectivity index (χ1) is 20.0. The summed E-state index contributed by atoms with van der Waals surface area (Å²) in [5, 5.41) is 24.0. The third-order valence-electron chi connectivity index (χ3n) is 7.01. The standard InChI is InChI=1S/C29H43N5O7S/c1-4-6-16-34(29(38)31-41-28(37)7-5-2)24-11-9-23(10-12-24)33-17-14-22(15-18-33)30-20-27(36)21-8-13-26(35)25(19-21)32-42(3,39)40/h8-13,19,22,27,30,32,35-36H,4-7,14-18,20H2,1-3H3,(H,31,38)/t27-/m0/s1. The zero-order chi connectivity index (χ0) is 30.7. The minimum Gasteiger partial charge on any atom is -0.506 e. The highest BCUT2D eigenvalue weighted by Crippen LogP contribution is 2.28. The van der Waals surface area contributed by atoms with Crippen molar-refractivity contribution < 1.29 is 33.1 Å². The molecule has 2 aromatic rings. The Bertz CT molecular complexity index is 1280. The molecule has 5 N–H and O–H groups in total. The van der Waals surface area contributed by atoms with Gasteiger partial charge in [0.15, 0.2) is 0 Å². The second kappa shape index (κ2) is 15.6. The minimum absolute atomic E-state index is 0.0258. The highest BCUT2D eigenvalue weighted by Gasteiger charge is 2.22. The number of rotatable bonds is 13. The van der Waals surface area contributed by atoms with E-state index >= 15 is 0 Å². The molecule has 0 radical (unpaired) electrons. The molecule has 13 heteroatoms. The van der Waals surface area contributed by atoms with Crippen molar-refractivity contribution in [3.63, 3.8) is 0 Å². The van der Waals surface area contributed by atoms with Crippen LogP contribution in [-0.2, 0) is 19.7 Å². The third kappa shape index (κ3) is 10.1. The fourth-order valence-electron chi connectivity index (χ4n) is 4.70. The van der Waals surface area contributed by atoms with E-state index in [1.165, 1.54) is 12.1 Å². The Hall–Kier alpha value is -3.55. The Labute approximate surface area is 248 Å². The molecule has 1 atom stereocenters. The van der Waals surface area contributed by atoms with E-state index < -0.39 is 28.1 Å².